The molecule has 1 amide bonds. The Balaban J connectivity index is 1.47. The lowest BCUT2D eigenvalue weighted by molar-refractivity contribution is 0.00725. The molecule has 1 fully saturated rings. The van der Waals surface area contributed by atoms with E-state index in [9.17, 15) is 9.59 Å². The van der Waals surface area contributed by atoms with Gasteiger partial charge in [0.1, 0.15) is 0 Å². The molecular weight excluding hydrogens is 416 g/mol. The highest BCUT2D eigenvalue weighted by atomic mass is 16.5. The van der Waals surface area contributed by atoms with E-state index < -0.39 is 0 Å². The smallest absolute Gasteiger partial charge is 0.258 e. The van der Waals surface area contributed by atoms with Gasteiger partial charge in [0.05, 0.1) is 29.0 Å². The molecule has 1 saturated heterocycles. The van der Waals surface area contributed by atoms with Gasteiger partial charge in [-0.05, 0) is 61.5 Å². The predicted molar refractivity (Wildman–Crippen MR) is 128 cm³/mol. The first-order valence-corrected chi connectivity index (χ1v) is 11.3. The van der Waals surface area contributed by atoms with E-state index in [0.717, 1.165) is 35.9 Å². The number of piperidine rings is 1. The van der Waals surface area contributed by atoms with Crippen molar-refractivity contribution in [1.29, 1.82) is 0 Å². The molecule has 1 aliphatic heterocycles. The summed E-state index contributed by atoms with van der Waals surface area (Å²) in [4.78, 5) is 36.7. The molecule has 3 heterocycles. The predicted octanol–water partition coefficient (Wildman–Crippen LogP) is 3.79. The van der Waals surface area contributed by atoms with E-state index in [1.54, 1.807) is 24.0 Å². The van der Waals surface area contributed by atoms with Gasteiger partial charge < -0.3 is 14.2 Å². The number of amides is 1. The summed E-state index contributed by atoms with van der Waals surface area (Å²) >= 11 is 0. The lowest BCUT2D eigenvalue weighted by Crippen LogP contribution is -2.43. The van der Waals surface area contributed by atoms with Crippen LogP contribution < -0.4 is 5.56 Å². The molecule has 2 aromatic heterocycles. The van der Waals surface area contributed by atoms with Gasteiger partial charge >= 0.3 is 0 Å². The number of rotatable bonds is 4. The summed E-state index contributed by atoms with van der Waals surface area (Å²) in [6.07, 6.45) is 5.52. The quantitative estimate of drug-likeness (QED) is 0.481. The average molecular weight is 443 g/mol. The molecule has 0 radical (unpaired) electrons. The first-order chi connectivity index (χ1) is 16.0. The Bertz CT molecular complexity index is 1410. The summed E-state index contributed by atoms with van der Waals surface area (Å²) in [5.41, 5.74) is 3.54. The number of fused-ring (bicyclic) bond motifs is 2. The van der Waals surface area contributed by atoms with Crippen LogP contribution in [0.3, 0.4) is 0 Å². The van der Waals surface area contributed by atoms with Crippen molar-refractivity contribution in [3.63, 3.8) is 0 Å². The van der Waals surface area contributed by atoms with Crippen molar-refractivity contribution in [1.82, 2.24) is 19.4 Å². The van der Waals surface area contributed by atoms with Crippen LogP contribution in [0.5, 0.6) is 0 Å². The minimum atomic E-state index is -0.0314. The Labute approximate surface area is 191 Å². The van der Waals surface area contributed by atoms with Crippen LogP contribution in [0.4, 0.5) is 0 Å². The Hall–Kier alpha value is -3.58. The Morgan fingerprint density at radius 2 is 2.03 bits per heavy atom. The van der Waals surface area contributed by atoms with Crippen LogP contribution >= 0.6 is 0 Å². The highest BCUT2D eigenvalue weighted by Crippen LogP contribution is 2.24. The lowest BCUT2D eigenvalue weighted by atomic mass is 10.1. The van der Waals surface area contributed by atoms with E-state index >= 15 is 0 Å². The summed E-state index contributed by atoms with van der Waals surface area (Å²) in [5, 5.41) is 1.52. The van der Waals surface area contributed by atoms with Crippen LogP contribution in [-0.4, -0.2) is 51.1 Å². The fourth-order valence-electron chi connectivity index (χ4n) is 4.47. The molecule has 0 bridgehead atoms. The third-order valence-corrected chi connectivity index (χ3v) is 6.23. The van der Waals surface area contributed by atoms with Gasteiger partial charge in [0.25, 0.3) is 11.5 Å². The van der Waals surface area contributed by atoms with Crippen LogP contribution in [0.2, 0.25) is 0 Å². The Morgan fingerprint density at radius 3 is 2.88 bits per heavy atom. The zero-order valence-electron chi connectivity index (χ0n) is 18.8. The molecular formula is C26H26N4O3. The molecule has 1 aliphatic rings. The zero-order chi connectivity index (χ0) is 22.9. The van der Waals surface area contributed by atoms with Gasteiger partial charge in [0.15, 0.2) is 0 Å². The van der Waals surface area contributed by atoms with Crippen molar-refractivity contribution in [2.75, 3.05) is 19.7 Å². The molecule has 7 heteroatoms. The number of carbonyl (C=O) groups excluding carboxylic acids is 1. The minimum absolute atomic E-state index is 0.00458. The van der Waals surface area contributed by atoms with Gasteiger partial charge in [-0.3, -0.25) is 14.6 Å². The summed E-state index contributed by atoms with van der Waals surface area (Å²) in [6.45, 7) is 4.00. The van der Waals surface area contributed by atoms with Crippen LogP contribution in [0, 0.1) is 0 Å². The molecule has 33 heavy (non-hydrogen) atoms. The number of likely N-dealkylation sites (tertiary alicyclic amines) is 1. The molecule has 2 aromatic carbocycles. The van der Waals surface area contributed by atoms with Crippen molar-refractivity contribution in [2.45, 2.75) is 25.9 Å². The maximum atomic E-state index is 13.1. The maximum Gasteiger partial charge on any atom is 0.258 e. The summed E-state index contributed by atoms with van der Waals surface area (Å²) in [6, 6.07) is 13.0. The second-order valence-electron chi connectivity index (χ2n) is 8.46. The number of pyridine rings is 1. The third-order valence-electron chi connectivity index (χ3n) is 6.23. The first-order valence-electron chi connectivity index (χ1n) is 11.3. The number of hydrogen-bond acceptors (Lipinski definition) is 5. The maximum absolute atomic E-state index is 13.1. The van der Waals surface area contributed by atoms with Gasteiger partial charge in [-0.25, -0.2) is 4.98 Å². The van der Waals surface area contributed by atoms with Gasteiger partial charge in [-0.1, -0.05) is 6.07 Å². The molecule has 0 aliphatic carbocycles. The zero-order valence-corrected chi connectivity index (χ0v) is 18.8. The summed E-state index contributed by atoms with van der Waals surface area (Å²) in [7, 11) is 1.74. The molecule has 4 aromatic rings. The lowest BCUT2D eigenvalue weighted by Gasteiger charge is -2.32. The summed E-state index contributed by atoms with van der Waals surface area (Å²) < 4.78 is 7.31. The number of nitrogens with zero attached hydrogens (tertiary/aromatic N) is 4. The van der Waals surface area contributed by atoms with Crippen molar-refractivity contribution in [3.05, 3.63) is 70.8 Å². The molecule has 5 rings (SSSR count). The van der Waals surface area contributed by atoms with E-state index in [1.807, 2.05) is 54.3 Å². The number of aromatic nitrogens is 3. The molecule has 1 atom stereocenters. The second-order valence-corrected chi connectivity index (χ2v) is 8.46. The fraction of sp³-hybridized carbons (Fsp3) is 0.308. The van der Waals surface area contributed by atoms with E-state index in [0.29, 0.717) is 35.3 Å². The van der Waals surface area contributed by atoms with E-state index in [-0.39, 0.29) is 17.6 Å². The number of hydrogen-bond donors (Lipinski definition) is 0. The first kappa shape index (κ1) is 21.3. The molecule has 0 saturated carbocycles. The van der Waals surface area contributed by atoms with Crippen LogP contribution in [0.1, 0.15) is 30.1 Å². The average Bonchev–Trinajstić information content (AvgIpc) is 2.85. The van der Waals surface area contributed by atoms with Crippen molar-refractivity contribution in [3.8, 4) is 11.3 Å². The summed E-state index contributed by atoms with van der Waals surface area (Å²) in [5.74, 6) is -0.00458. The largest absolute Gasteiger partial charge is 0.377 e. The van der Waals surface area contributed by atoms with Gasteiger partial charge in [0, 0.05) is 49.5 Å². The highest BCUT2D eigenvalue weighted by molar-refractivity contribution is 5.97. The molecule has 7 nitrogen and oxygen atoms in total. The highest BCUT2D eigenvalue weighted by Gasteiger charge is 2.25. The number of ether oxygens (including phenoxy) is 1. The van der Waals surface area contributed by atoms with Gasteiger partial charge in [0.2, 0.25) is 0 Å². The third kappa shape index (κ3) is 4.12. The monoisotopic (exact) mass is 442 g/mol. The van der Waals surface area contributed by atoms with Gasteiger partial charge in [-0.2, -0.15) is 0 Å². The van der Waals surface area contributed by atoms with Crippen LogP contribution in [-0.2, 0) is 11.8 Å². The Morgan fingerprint density at radius 1 is 1.15 bits per heavy atom. The molecule has 0 N–H and O–H groups in total. The number of aryl methyl sites for hydroxylation is 1. The van der Waals surface area contributed by atoms with Crippen LogP contribution in [0.25, 0.3) is 33.1 Å². The fourth-order valence-corrected chi connectivity index (χ4v) is 4.47. The topological polar surface area (TPSA) is 77.3 Å². The Kier molecular flexibility index (Phi) is 5.64. The van der Waals surface area contributed by atoms with E-state index in [4.69, 9.17) is 9.72 Å². The van der Waals surface area contributed by atoms with Crippen LogP contribution in [0.15, 0.2) is 59.7 Å². The molecule has 0 spiro atoms. The van der Waals surface area contributed by atoms with E-state index in [2.05, 4.69) is 4.98 Å². The second kappa shape index (κ2) is 8.75. The van der Waals surface area contributed by atoms with Gasteiger partial charge in [-0.15, -0.1) is 0 Å². The molecule has 0 unspecified atom stereocenters. The SMILES string of the molecule is CCO[C@H]1CCCN(C(=O)c2ccc3ncc(-c4ccc5c(=O)n(C)ccc5c4)nc3c2)C1. The number of carbonyl (C=O) groups is 1. The molecule has 168 valence electrons. The van der Waals surface area contributed by atoms with Crippen molar-refractivity contribution >= 4 is 27.7 Å². The number of benzene rings is 2. The normalized spacial score (nSPS) is 16.4. The van der Waals surface area contributed by atoms with E-state index in [1.165, 1.54) is 0 Å². The standard InChI is InChI=1S/C26H26N4O3/c1-3-33-20-5-4-11-30(16-20)25(31)19-7-9-22-23(14-19)28-24(15-27-22)18-6-8-21-17(13-18)10-12-29(2)26(21)32/h6-10,12-15,20H,3-5,11,16H2,1-2H3/t20-/m0/s1. The van der Waals surface area contributed by atoms with Crippen molar-refractivity contribution < 1.29 is 9.53 Å². The minimum Gasteiger partial charge on any atom is -0.377 e. The van der Waals surface area contributed by atoms with Crippen molar-refractivity contribution in [2.24, 2.45) is 7.05 Å².